The van der Waals surface area contributed by atoms with Crippen LogP contribution in [0.5, 0.6) is 11.5 Å². The number of amides is 2. The molecule has 0 spiro atoms. The van der Waals surface area contributed by atoms with Crippen molar-refractivity contribution in [2.24, 2.45) is 0 Å². The summed E-state index contributed by atoms with van der Waals surface area (Å²) in [6.45, 7) is 1.02. The monoisotopic (exact) mass is 390 g/mol. The fourth-order valence-corrected chi connectivity index (χ4v) is 2.89. The molecule has 1 heterocycles. The summed E-state index contributed by atoms with van der Waals surface area (Å²) in [7, 11) is 1.51. The summed E-state index contributed by atoms with van der Waals surface area (Å²) in [5.74, 6) is -0.441. The number of methoxy groups -OCH3 is 1. The zero-order valence-corrected chi connectivity index (χ0v) is 15.4. The molecule has 2 aromatic rings. The second-order valence-corrected chi connectivity index (χ2v) is 6.18. The van der Waals surface area contributed by atoms with Crippen molar-refractivity contribution in [2.75, 3.05) is 32.2 Å². The maximum atomic E-state index is 12.1. The normalized spacial score (nSPS) is 13.6. The van der Waals surface area contributed by atoms with E-state index in [-0.39, 0.29) is 6.54 Å². The van der Waals surface area contributed by atoms with Gasteiger partial charge in [0, 0.05) is 36.0 Å². The quantitative estimate of drug-likeness (QED) is 0.766. The van der Waals surface area contributed by atoms with E-state index in [2.05, 4.69) is 10.6 Å². The van der Waals surface area contributed by atoms with E-state index in [0.717, 1.165) is 5.56 Å². The van der Waals surface area contributed by atoms with E-state index in [1.807, 2.05) is 6.07 Å². The van der Waals surface area contributed by atoms with Gasteiger partial charge >= 0.3 is 11.8 Å². The van der Waals surface area contributed by atoms with Crippen LogP contribution >= 0.6 is 11.6 Å². The molecular weight excluding hydrogens is 372 g/mol. The summed E-state index contributed by atoms with van der Waals surface area (Å²) >= 11 is 6.15. The highest BCUT2D eigenvalue weighted by Crippen LogP contribution is 2.32. The first kappa shape index (κ1) is 19.0. The van der Waals surface area contributed by atoms with Crippen molar-refractivity contribution >= 4 is 29.1 Å². The molecule has 0 aliphatic carbocycles. The van der Waals surface area contributed by atoms with Crippen LogP contribution < -0.4 is 20.1 Å². The lowest BCUT2D eigenvalue weighted by Gasteiger charge is -2.19. The molecule has 0 saturated heterocycles. The third-order valence-electron chi connectivity index (χ3n) is 3.99. The van der Waals surface area contributed by atoms with Gasteiger partial charge in [0.2, 0.25) is 0 Å². The molecule has 0 fully saturated rings. The summed E-state index contributed by atoms with van der Waals surface area (Å²) in [6, 6.07) is 12.1. The van der Waals surface area contributed by atoms with Crippen molar-refractivity contribution < 1.29 is 23.8 Å². The second kappa shape index (κ2) is 8.75. The van der Waals surface area contributed by atoms with Crippen LogP contribution in [0.2, 0.25) is 5.02 Å². The number of ether oxygens (including phenoxy) is 3. The molecule has 0 unspecified atom stereocenters. The van der Waals surface area contributed by atoms with Crippen LogP contribution in [0.15, 0.2) is 42.5 Å². The molecule has 7 nitrogen and oxygen atoms in total. The van der Waals surface area contributed by atoms with Gasteiger partial charge in [0.25, 0.3) is 0 Å². The Kier molecular flexibility index (Phi) is 6.16. The minimum atomic E-state index is -0.791. The van der Waals surface area contributed by atoms with E-state index >= 15 is 0 Å². The third-order valence-corrected chi connectivity index (χ3v) is 4.34. The fraction of sp³-hybridized carbons (Fsp3) is 0.263. The number of fused-ring (bicyclic) bond motifs is 1. The Labute approximate surface area is 161 Å². The number of carbonyl (C=O) groups excluding carboxylic acids is 2. The van der Waals surface area contributed by atoms with Crippen LogP contribution in [0.25, 0.3) is 0 Å². The molecule has 1 aliphatic heterocycles. The summed E-state index contributed by atoms with van der Waals surface area (Å²) in [4.78, 5) is 24.2. The number of anilines is 1. The van der Waals surface area contributed by atoms with Crippen LogP contribution in [-0.2, 0) is 14.3 Å². The predicted octanol–water partition coefficient (Wildman–Crippen LogP) is 2.55. The zero-order valence-electron chi connectivity index (χ0n) is 14.7. The summed E-state index contributed by atoms with van der Waals surface area (Å²) < 4.78 is 16.2. The van der Waals surface area contributed by atoms with E-state index in [1.165, 1.54) is 7.11 Å². The number of hydrogen-bond donors (Lipinski definition) is 2. The van der Waals surface area contributed by atoms with Gasteiger partial charge in [-0.3, -0.25) is 9.59 Å². The summed E-state index contributed by atoms with van der Waals surface area (Å²) in [5.41, 5.74) is 1.17. The smallest absolute Gasteiger partial charge is 0.313 e. The highest BCUT2D eigenvalue weighted by Gasteiger charge is 2.19. The number of rotatable bonds is 5. The van der Waals surface area contributed by atoms with Crippen LogP contribution in [-0.4, -0.2) is 38.7 Å². The maximum Gasteiger partial charge on any atom is 0.313 e. The minimum Gasteiger partial charge on any atom is -0.486 e. The molecular formula is C19H19ClN2O5. The van der Waals surface area contributed by atoms with Gasteiger partial charge in [0.05, 0.1) is 0 Å². The molecule has 8 heteroatoms. The maximum absolute atomic E-state index is 12.1. The van der Waals surface area contributed by atoms with Gasteiger partial charge in [-0.05, 0) is 18.2 Å². The Morgan fingerprint density at radius 3 is 2.59 bits per heavy atom. The number of benzene rings is 2. The van der Waals surface area contributed by atoms with Gasteiger partial charge in [0.15, 0.2) is 11.5 Å². The SMILES string of the molecule is CO[C@@H](CNC(=O)C(=O)Nc1ccc2c(c1)OCCO2)c1ccccc1Cl. The molecule has 142 valence electrons. The molecule has 27 heavy (non-hydrogen) atoms. The first-order chi connectivity index (χ1) is 13.1. The first-order valence-corrected chi connectivity index (χ1v) is 8.72. The highest BCUT2D eigenvalue weighted by atomic mass is 35.5. The molecule has 0 aromatic heterocycles. The largest absolute Gasteiger partial charge is 0.486 e. The van der Waals surface area contributed by atoms with Crippen molar-refractivity contribution in [3.8, 4) is 11.5 Å². The second-order valence-electron chi connectivity index (χ2n) is 5.77. The standard InChI is InChI=1S/C19H19ClN2O5/c1-25-17(13-4-2-3-5-14(13)20)11-21-18(23)19(24)22-12-6-7-15-16(10-12)27-9-8-26-15/h2-7,10,17H,8-9,11H2,1H3,(H,21,23)(H,22,24)/t17-/m0/s1. The van der Waals surface area contributed by atoms with Gasteiger partial charge in [0.1, 0.15) is 19.3 Å². The van der Waals surface area contributed by atoms with E-state index in [1.54, 1.807) is 36.4 Å². The van der Waals surface area contributed by atoms with Crippen molar-refractivity contribution in [3.63, 3.8) is 0 Å². The van der Waals surface area contributed by atoms with Gasteiger partial charge in [-0.2, -0.15) is 0 Å². The third kappa shape index (κ3) is 4.69. The Bertz CT molecular complexity index is 843. The molecule has 2 aromatic carbocycles. The molecule has 1 atom stereocenters. The van der Waals surface area contributed by atoms with Gasteiger partial charge in [-0.15, -0.1) is 0 Å². The van der Waals surface area contributed by atoms with E-state index < -0.39 is 17.9 Å². The minimum absolute atomic E-state index is 0.105. The Hall–Kier alpha value is -2.77. The molecule has 0 radical (unpaired) electrons. The first-order valence-electron chi connectivity index (χ1n) is 8.34. The number of hydrogen-bond acceptors (Lipinski definition) is 5. The Morgan fingerprint density at radius 1 is 1.11 bits per heavy atom. The Balaban J connectivity index is 1.57. The topological polar surface area (TPSA) is 85.9 Å². The predicted molar refractivity (Wildman–Crippen MR) is 100 cm³/mol. The van der Waals surface area contributed by atoms with Crippen LogP contribution in [0.1, 0.15) is 11.7 Å². The molecule has 0 saturated carbocycles. The number of halogens is 1. The number of carbonyl (C=O) groups is 2. The van der Waals surface area contributed by atoms with Gasteiger partial charge < -0.3 is 24.8 Å². The van der Waals surface area contributed by atoms with Gasteiger partial charge in [-0.1, -0.05) is 29.8 Å². The lowest BCUT2D eigenvalue weighted by molar-refractivity contribution is -0.136. The average Bonchev–Trinajstić information content (AvgIpc) is 2.69. The van der Waals surface area contributed by atoms with Gasteiger partial charge in [-0.25, -0.2) is 0 Å². The molecule has 0 bridgehead atoms. The lowest BCUT2D eigenvalue weighted by atomic mass is 10.1. The van der Waals surface area contributed by atoms with Crippen molar-refractivity contribution in [1.29, 1.82) is 0 Å². The van der Waals surface area contributed by atoms with Crippen molar-refractivity contribution in [2.45, 2.75) is 6.10 Å². The van der Waals surface area contributed by atoms with Crippen LogP contribution in [0.3, 0.4) is 0 Å². The molecule has 2 N–H and O–H groups in total. The Morgan fingerprint density at radius 2 is 1.85 bits per heavy atom. The molecule has 3 rings (SSSR count). The van der Waals surface area contributed by atoms with E-state index in [9.17, 15) is 9.59 Å². The fourth-order valence-electron chi connectivity index (χ4n) is 2.63. The van der Waals surface area contributed by atoms with Crippen LogP contribution in [0.4, 0.5) is 5.69 Å². The lowest BCUT2D eigenvalue weighted by Crippen LogP contribution is -2.38. The zero-order chi connectivity index (χ0) is 19.2. The van der Waals surface area contributed by atoms with E-state index in [4.69, 9.17) is 25.8 Å². The molecule has 1 aliphatic rings. The van der Waals surface area contributed by atoms with Crippen molar-refractivity contribution in [3.05, 3.63) is 53.1 Å². The average molecular weight is 391 g/mol. The number of nitrogens with one attached hydrogen (secondary N) is 2. The summed E-state index contributed by atoms with van der Waals surface area (Å²) in [5, 5.41) is 5.61. The van der Waals surface area contributed by atoms with E-state index in [0.29, 0.717) is 35.4 Å². The highest BCUT2D eigenvalue weighted by molar-refractivity contribution is 6.39. The van der Waals surface area contributed by atoms with Crippen molar-refractivity contribution in [1.82, 2.24) is 5.32 Å². The summed E-state index contributed by atoms with van der Waals surface area (Å²) in [6.07, 6.45) is -0.468. The molecule has 2 amide bonds. The van der Waals surface area contributed by atoms with Crippen LogP contribution in [0, 0.1) is 0 Å².